The molecule has 10 heteroatoms. The van der Waals surface area contributed by atoms with Crippen LogP contribution in [0.25, 0.3) is 22.5 Å². The molecule has 1 aliphatic heterocycles. The Kier molecular flexibility index (Phi) is 7.47. The molecule has 1 fully saturated rings. The molecule has 0 spiro atoms. The van der Waals surface area contributed by atoms with E-state index in [0.29, 0.717) is 34.3 Å². The zero-order valence-electron chi connectivity index (χ0n) is 22.0. The maximum atomic E-state index is 13.5. The molecule has 5 rings (SSSR count). The van der Waals surface area contributed by atoms with E-state index in [9.17, 15) is 13.2 Å². The van der Waals surface area contributed by atoms with Crippen LogP contribution >= 0.6 is 0 Å². The van der Waals surface area contributed by atoms with Crippen LogP contribution in [0.15, 0.2) is 72.9 Å². The lowest BCUT2D eigenvalue weighted by atomic mass is 10.0. The Morgan fingerprint density at radius 2 is 1.82 bits per heavy atom. The second kappa shape index (κ2) is 11.0. The van der Waals surface area contributed by atoms with Crippen molar-refractivity contribution in [3.63, 3.8) is 0 Å². The van der Waals surface area contributed by atoms with Gasteiger partial charge in [-0.25, -0.2) is 9.97 Å². The van der Waals surface area contributed by atoms with Crippen molar-refractivity contribution < 1.29 is 13.2 Å². The molecule has 0 bridgehead atoms. The summed E-state index contributed by atoms with van der Waals surface area (Å²) in [6.45, 7) is 3.89. The number of halogens is 3. The molecule has 4 aromatic rings. The molecule has 0 radical (unpaired) electrons. The van der Waals surface area contributed by atoms with Crippen molar-refractivity contribution in [1.29, 1.82) is 0 Å². The van der Waals surface area contributed by atoms with Gasteiger partial charge in [0.25, 0.3) is 0 Å². The smallest absolute Gasteiger partial charge is 0.354 e. The minimum atomic E-state index is -4.47. The summed E-state index contributed by atoms with van der Waals surface area (Å²) < 4.78 is 40.6. The molecule has 0 amide bonds. The van der Waals surface area contributed by atoms with Crippen molar-refractivity contribution in [2.45, 2.75) is 31.6 Å². The quantitative estimate of drug-likeness (QED) is 0.316. The molecule has 2 atom stereocenters. The third-order valence-corrected chi connectivity index (χ3v) is 7.10. The van der Waals surface area contributed by atoms with Gasteiger partial charge in [-0.15, -0.1) is 10.2 Å². The first kappa shape index (κ1) is 26.6. The van der Waals surface area contributed by atoms with Crippen molar-refractivity contribution in [1.82, 2.24) is 25.1 Å². The molecule has 1 N–H and O–H groups in total. The average Bonchev–Trinajstić information content (AvgIpc) is 3.38. The molecular formula is C29H30F3N7. The number of alkyl halides is 3. The SMILES string of the molecule is C[C@H](Nc1nccc(-c2cc(N(C)C3CCN(C)C3)nnc2-c2cccc(C(F)(F)F)c2)n1)c1ccccc1. The van der Waals surface area contributed by atoms with Crippen molar-refractivity contribution >= 4 is 11.8 Å². The number of nitrogens with zero attached hydrogens (tertiary/aromatic N) is 6. The van der Waals surface area contributed by atoms with Gasteiger partial charge in [0.15, 0.2) is 5.82 Å². The summed E-state index contributed by atoms with van der Waals surface area (Å²) in [4.78, 5) is 13.5. The van der Waals surface area contributed by atoms with Crippen molar-refractivity contribution in [2.24, 2.45) is 0 Å². The van der Waals surface area contributed by atoms with Crippen molar-refractivity contribution in [2.75, 3.05) is 37.4 Å². The number of hydrogen-bond acceptors (Lipinski definition) is 7. The zero-order chi connectivity index (χ0) is 27.6. The van der Waals surface area contributed by atoms with Gasteiger partial charge in [-0.3, -0.25) is 0 Å². The Hall–Kier alpha value is -4.05. The highest BCUT2D eigenvalue weighted by molar-refractivity contribution is 5.81. The molecule has 7 nitrogen and oxygen atoms in total. The van der Waals surface area contributed by atoms with E-state index in [1.54, 1.807) is 18.3 Å². The molecule has 3 heterocycles. The van der Waals surface area contributed by atoms with E-state index in [1.807, 2.05) is 50.4 Å². The lowest BCUT2D eigenvalue weighted by Crippen LogP contribution is -2.34. The highest BCUT2D eigenvalue weighted by Gasteiger charge is 2.31. The summed E-state index contributed by atoms with van der Waals surface area (Å²) in [5.41, 5.74) is 2.08. The fraction of sp³-hybridized carbons (Fsp3) is 0.310. The normalized spacial score (nSPS) is 16.7. The first-order valence-corrected chi connectivity index (χ1v) is 12.8. The summed E-state index contributed by atoms with van der Waals surface area (Å²) in [5.74, 6) is 1.04. The second-order valence-electron chi connectivity index (χ2n) is 9.90. The Balaban J connectivity index is 1.56. The van der Waals surface area contributed by atoms with Gasteiger partial charge in [-0.2, -0.15) is 13.2 Å². The average molecular weight is 534 g/mol. The topological polar surface area (TPSA) is 70.1 Å². The van der Waals surface area contributed by atoms with E-state index in [-0.39, 0.29) is 12.1 Å². The van der Waals surface area contributed by atoms with Crippen molar-refractivity contribution in [3.05, 3.63) is 84.1 Å². The number of benzene rings is 2. The van der Waals surface area contributed by atoms with E-state index < -0.39 is 11.7 Å². The van der Waals surface area contributed by atoms with E-state index in [0.717, 1.165) is 37.2 Å². The monoisotopic (exact) mass is 533 g/mol. The zero-order valence-corrected chi connectivity index (χ0v) is 22.0. The number of likely N-dealkylation sites (N-methyl/N-ethyl adjacent to an activating group) is 2. The molecule has 0 saturated carbocycles. The molecule has 2 aromatic carbocycles. The molecule has 0 aliphatic carbocycles. The maximum absolute atomic E-state index is 13.5. The molecule has 39 heavy (non-hydrogen) atoms. The fourth-order valence-corrected chi connectivity index (χ4v) is 4.82. The first-order valence-electron chi connectivity index (χ1n) is 12.8. The van der Waals surface area contributed by atoms with Crippen LogP contribution < -0.4 is 10.2 Å². The molecule has 1 saturated heterocycles. The van der Waals surface area contributed by atoms with Gasteiger partial charge in [0, 0.05) is 37.0 Å². The Bertz CT molecular complexity index is 1430. The second-order valence-corrected chi connectivity index (χ2v) is 9.90. The van der Waals surface area contributed by atoms with Crippen molar-refractivity contribution in [3.8, 4) is 22.5 Å². The van der Waals surface area contributed by atoms with Crippen LogP contribution in [-0.4, -0.2) is 58.3 Å². The summed E-state index contributed by atoms with van der Waals surface area (Å²) in [6.07, 6.45) is -1.86. The Morgan fingerprint density at radius 1 is 1.03 bits per heavy atom. The largest absolute Gasteiger partial charge is 0.416 e. The number of aromatic nitrogens is 4. The van der Waals surface area contributed by atoms with Crippen LogP contribution in [0.5, 0.6) is 0 Å². The summed E-state index contributed by atoms with van der Waals surface area (Å²) in [7, 11) is 4.05. The van der Waals surface area contributed by atoms with E-state index in [2.05, 4.69) is 37.3 Å². The summed E-state index contributed by atoms with van der Waals surface area (Å²) >= 11 is 0. The predicted octanol–water partition coefficient (Wildman–Crippen LogP) is 5.93. The van der Waals surface area contributed by atoms with Crippen LogP contribution in [0.3, 0.4) is 0 Å². The van der Waals surface area contributed by atoms with Gasteiger partial charge in [-0.1, -0.05) is 42.5 Å². The minimum absolute atomic E-state index is 0.0546. The van der Waals surface area contributed by atoms with Crippen LogP contribution in [-0.2, 0) is 6.18 Å². The van der Waals surface area contributed by atoms with Gasteiger partial charge in [0.05, 0.1) is 17.3 Å². The minimum Gasteiger partial charge on any atom is -0.354 e. The van der Waals surface area contributed by atoms with Gasteiger partial charge in [0.2, 0.25) is 5.95 Å². The maximum Gasteiger partial charge on any atom is 0.416 e. The third-order valence-electron chi connectivity index (χ3n) is 7.10. The molecule has 1 unspecified atom stereocenters. The van der Waals surface area contributed by atoms with Gasteiger partial charge < -0.3 is 15.1 Å². The third kappa shape index (κ3) is 6.01. The highest BCUT2D eigenvalue weighted by atomic mass is 19.4. The van der Waals surface area contributed by atoms with Gasteiger partial charge in [-0.05, 0) is 56.8 Å². The summed E-state index contributed by atoms with van der Waals surface area (Å²) in [6, 6.07) is 18.8. The highest BCUT2D eigenvalue weighted by Crippen LogP contribution is 2.36. The fourth-order valence-electron chi connectivity index (χ4n) is 4.82. The van der Waals surface area contributed by atoms with E-state index >= 15 is 0 Å². The first-order chi connectivity index (χ1) is 18.7. The van der Waals surface area contributed by atoms with Crippen LogP contribution in [0.4, 0.5) is 24.9 Å². The number of hydrogen-bond donors (Lipinski definition) is 1. The van der Waals surface area contributed by atoms with Gasteiger partial charge in [0.1, 0.15) is 5.69 Å². The Labute approximate surface area is 225 Å². The van der Waals surface area contributed by atoms with E-state index in [4.69, 9.17) is 4.98 Å². The molecule has 202 valence electrons. The number of anilines is 2. The van der Waals surface area contributed by atoms with E-state index in [1.165, 1.54) is 6.07 Å². The number of likely N-dealkylation sites (tertiary alicyclic amines) is 1. The lowest BCUT2D eigenvalue weighted by Gasteiger charge is -2.26. The standard InChI is InChI=1S/C29H30F3N7/c1-19(20-8-5-4-6-9-20)34-28-33-14-12-25(35-28)24-17-26(39(3)23-13-15-38(2)18-23)36-37-27(24)21-10-7-11-22(16-21)29(30,31)32/h4-12,14,16-17,19,23H,13,15,18H2,1-3H3,(H,33,34,35)/t19-,23?/m0/s1. The van der Waals surface area contributed by atoms with Crippen LogP contribution in [0.1, 0.15) is 30.5 Å². The molecule has 1 aliphatic rings. The molecule has 2 aromatic heterocycles. The van der Waals surface area contributed by atoms with Gasteiger partial charge >= 0.3 is 6.18 Å². The van der Waals surface area contributed by atoms with Crippen LogP contribution in [0.2, 0.25) is 0 Å². The number of rotatable bonds is 7. The molecular weight excluding hydrogens is 503 g/mol. The number of nitrogens with one attached hydrogen (secondary N) is 1. The predicted molar refractivity (Wildman–Crippen MR) is 146 cm³/mol. The lowest BCUT2D eigenvalue weighted by molar-refractivity contribution is -0.137. The summed E-state index contributed by atoms with van der Waals surface area (Å²) in [5, 5.41) is 12.2. The Morgan fingerprint density at radius 3 is 2.54 bits per heavy atom. The van der Waals surface area contributed by atoms with Crippen LogP contribution in [0, 0.1) is 0 Å².